The number of hydrogen-bond donors (Lipinski definition) is 1. The Kier molecular flexibility index (Phi) is 2.24. The van der Waals surface area contributed by atoms with Crippen molar-refractivity contribution in [1.29, 1.82) is 0 Å². The second-order valence-corrected chi connectivity index (χ2v) is 4.19. The summed E-state index contributed by atoms with van der Waals surface area (Å²) in [7, 11) is 1.60. The molecule has 5 heteroatoms. The fraction of sp³-hybridized carbons (Fsp3) is 0.333. The number of ether oxygens (including phenoxy) is 1. The maximum Gasteiger partial charge on any atom is 0.261 e. The number of rotatable bonds is 3. The van der Waals surface area contributed by atoms with Gasteiger partial charge in [0.15, 0.2) is 5.82 Å². The van der Waals surface area contributed by atoms with Crippen LogP contribution in [-0.4, -0.2) is 17.3 Å². The highest BCUT2D eigenvalue weighted by atomic mass is 16.5. The standard InChI is InChI=1S/C12H13N3O2/c1-16-10-5-4-8(13)6-9(10)12-14-11(15-17-12)7-2-3-7/h4-7H,2-3,13H2,1H3. The van der Waals surface area contributed by atoms with Gasteiger partial charge in [0.05, 0.1) is 12.7 Å². The predicted octanol–water partition coefficient (Wildman–Crippen LogP) is 2.20. The minimum absolute atomic E-state index is 0.469. The van der Waals surface area contributed by atoms with E-state index in [1.807, 2.05) is 0 Å². The maximum absolute atomic E-state index is 5.75. The summed E-state index contributed by atoms with van der Waals surface area (Å²) < 4.78 is 10.5. The van der Waals surface area contributed by atoms with Gasteiger partial charge in [-0.15, -0.1) is 0 Å². The van der Waals surface area contributed by atoms with Crippen LogP contribution in [0.2, 0.25) is 0 Å². The Balaban J connectivity index is 2.03. The van der Waals surface area contributed by atoms with Gasteiger partial charge in [-0.25, -0.2) is 0 Å². The molecule has 1 fully saturated rings. The van der Waals surface area contributed by atoms with E-state index in [2.05, 4.69) is 10.1 Å². The van der Waals surface area contributed by atoms with E-state index in [1.54, 1.807) is 25.3 Å². The van der Waals surface area contributed by atoms with E-state index in [1.165, 1.54) is 0 Å². The molecule has 0 saturated heterocycles. The van der Waals surface area contributed by atoms with Crippen LogP contribution in [0.3, 0.4) is 0 Å². The molecule has 0 aliphatic heterocycles. The molecule has 3 rings (SSSR count). The summed E-state index contributed by atoms with van der Waals surface area (Å²) in [5.41, 5.74) is 7.14. The van der Waals surface area contributed by atoms with Crippen LogP contribution >= 0.6 is 0 Å². The molecule has 0 unspecified atom stereocenters. The first-order valence-electron chi connectivity index (χ1n) is 5.55. The molecular weight excluding hydrogens is 218 g/mol. The number of anilines is 1. The second-order valence-electron chi connectivity index (χ2n) is 4.19. The molecule has 0 amide bonds. The minimum Gasteiger partial charge on any atom is -0.496 e. The Hall–Kier alpha value is -2.04. The molecule has 1 heterocycles. The molecule has 88 valence electrons. The summed E-state index contributed by atoms with van der Waals surface area (Å²) in [6, 6.07) is 5.36. The lowest BCUT2D eigenvalue weighted by atomic mass is 10.2. The smallest absolute Gasteiger partial charge is 0.261 e. The summed E-state index contributed by atoms with van der Waals surface area (Å²) in [6.07, 6.45) is 2.29. The van der Waals surface area contributed by atoms with Gasteiger partial charge in [0, 0.05) is 11.6 Å². The van der Waals surface area contributed by atoms with Crippen LogP contribution in [-0.2, 0) is 0 Å². The van der Waals surface area contributed by atoms with Crippen LogP contribution in [0, 0.1) is 0 Å². The van der Waals surface area contributed by atoms with Crippen molar-refractivity contribution in [3.63, 3.8) is 0 Å². The van der Waals surface area contributed by atoms with Gasteiger partial charge in [-0.3, -0.25) is 0 Å². The van der Waals surface area contributed by atoms with Gasteiger partial charge in [-0.1, -0.05) is 5.16 Å². The average Bonchev–Trinajstić information content (AvgIpc) is 3.07. The van der Waals surface area contributed by atoms with Gasteiger partial charge < -0.3 is 15.0 Å². The first-order valence-corrected chi connectivity index (χ1v) is 5.55. The molecule has 1 aromatic carbocycles. The molecule has 0 bridgehead atoms. The van der Waals surface area contributed by atoms with Gasteiger partial charge >= 0.3 is 0 Å². The van der Waals surface area contributed by atoms with Crippen LogP contribution in [0.25, 0.3) is 11.5 Å². The lowest BCUT2D eigenvalue weighted by molar-refractivity contribution is 0.403. The lowest BCUT2D eigenvalue weighted by Gasteiger charge is -2.04. The third-order valence-electron chi connectivity index (χ3n) is 2.84. The maximum atomic E-state index is 5.75. The van der Waals surface area contributed by atoms with E-state index < -0.39 is 0 Å². The molecule has 0 atom stereocenters. The van der Waals surface area contributed by atoms with E-state index in [4.69, 9.17) is 15.0 Å². The Morgan fingerprint density at radius 1 is 1.41 bits per heavy atom. The van der Waals surface area contributed by atoms with Crippen molar-refractivity contribution in [3.8, 4) is 17.2 Å². The van der Waals surface area contributed by atoms with Gasteiger partial charge in [-0.05, 0) is 31.0 Å². The molecule has 0 radical (unpaired) electrons. The summed E-state index contributed by atoms with van der Waals surface area (Å²) in [5, 5.41) is 3.98. The first kappa shape index (κ1) is 10.1. The average molecular weight is 231 g/mol. The summed E-state index contributed by atoms with van der Waals surface area (Å²) in [4.78, 5) is 4.38. The van der Waals surface area contributed by atoms with E-state index >= 15 is 0 Å². The lowest BCUT2D eigenvalue weighted by Crippen LogP contribution is -1.91. The Bertz CT molecular complexity index is 546. The SMILES string of the molecule is COc1ccc(N)cc1-c1nc(C2CC2)no1. The molecule has 1 aliphatic rings. The number of hydrogen-bond acceptors (Lipinski definition) is 5. The molecular formula is C12H13N3O2. The molecule has 2 aromatic rings. The Labute approximate surface area is 98.6 Å². The highest BCUT2D eigenvalue weighted by Crippen LogP contribution is 2.39. The van der Waals surface area contributed by atoms with Gasteiger partial charge in [0.25, 0.3) is 5.89 Å². The summed E-state index contributed by atoms with van der Waals surface area (Å²) in [6.45, 7) is 0. The minimum atomic E-state index is 0.469. The van der Waals surface area contributed by atoms with Crippen molar-refractivity contribution >= 4 is 5.69 Å². The van der Waals surface area contributed by atoms with E-state index in [0.717, 1.165) is 24.2 Å². The van der Waals surface area contributed by atoms with Crippen molar-refractivity contribution in [3.05, 3.63) is 24.0 Å². The van der Waals surface area contributed by atoms with Crippen molar-refractivity contribution in [1.82, 2.24) is 10.1 Å². The molecule has 1 aromatic heterocycles. The fourth-order valence-electron chi connectivity index (χ4n) is 1.74. The van der Waals surface area contributed by atoms with Gasteiger partial charge in [-0.2, -0.15) is 4.98 Å². The topological polar surface area (TPSA) is 74.2 Å². The molecule has 17 heavy (non-hydrogen) atoms. The van der Waals surface area contributed by atoms with Crippen LogP contribution in [0.4, 0.5) is 5.69 Å². The number of nitrogens with two attached hydrogens (primary N) is 1. The van der Waals surface area contributed by atoms with Crippen molar-refractivity contribution < 1.29 is 9.26 Å². The summed E-state index contributed by atoms with van der Waals surface area (Å²) >= 11 is 0. The molecule has 1 aliphatic carbocycles. The zero-order valence-electron chi connectivity index (χ0n) is 9.51. The Morgan fingerprint density at radius 3 is 2.94 bits per heavy atom. The fourth-order valence-corrected chi connectivity index (χ4v) is 1.74. The normalized spacial score (nSPS) is 14.9. The van der Waals surface area contributed by atoms with E-state index in [-0.39, 0.29) is 0 Å². The number of nitrogens with zero attached hydrogens (tertiary/aromatic N) is 2. The highest BCUT2D eigenvalue weighted by Gasteiger charge is 2.29. The monoisotopic (exact) mass is 231 g/mol. The van der Waals surface area contributed by atoms with Gasteiger partial charge in [0.1, 0.15) is 5.75 Å². The zero-order chi connectivity index (χ0) is 11.8. The number of benzene rings is 1. The molecule has 2 N–H and O–H groups in total. The van der Waals surface area contributed by atoms with Crippen molar-refractivity contribution in [2.45, 2.75) is 18.8 Å². The third kappa shape index (κ3) is 1.84. The number of nitrogen functional groups attached to an aromatic ring is 1. The van der Waals surface area contributed by atoms with Crippen LogP contribution in [0.15, 0.2) is 22.7 Å². The van der Waals surface area contributed by atoms with Crippen molar-refractivity contribution in [2.75, 3.05) is 12.8 Å². The predicted molar refractivity (Wildman–Crippen MR) is 62.7 cm³/mol. The number of aromatic nitrogens is 2. The first-order chi connectivity index (χ1) is 8.28. The van der Waals surface area contributed by atoms with Crippen LogP contribution in [0.1, 0.15) is 24.6 Å². The van der Waals surface area contributed by atoms with E-state index in [9.17, 15) is 0 Å². The molecule has 0 spiro atoms. The Morgan fingerprint density at radius 2 is 2.24 bits per heavy atom. The van der Waals surface area contributed by atoms with Crippen LogP contribution in [0.5, 0.6) is 5.75 Å². The zero-order valence-corrected chi connectivity index (χ0v) is 9.51. The van der Waals surface area contributed by atoms with E-state index in [0.29, 0.717) is 23.2 Å². The van der Waals surface area contributed by atoms with Crippen molar-refractivity contribution in [2.24, 2.45) is 0 Å². The highest BCUT2D eigenvalue weighted by molar-refractivity contribution is 5.67. The number of methoxy groups -OCH3 is 1. The second kappa shape index (κ2) is 3.76. The largest absolute Gasteiger partial charge is 0.496 e. The third-order valence-corrected chi connectivity index (χ3v) is 2.84. The summed E-state index contributed by atoms with van der Waals surface area (Å²) in [5.74, 6) is 2.41. The van der Waals surface area contributed by atoms with Gasteiger partial charge in [0.2, 0.25) is 0 Å². The van der Waals surface area contributed by atoms with Crippen LogP contribution < -0.4 is 10.5 Å². The molecule has 1 saturated carbocycles. The molecule has 5 nitrogen and oxygen atoms in total. The quantitative estimate of drug-likeness (QED) is 0.820.